The first-order valence-corrected chi connectivity index (χ1v) is 12.6. The molecular formula is C20H21ClN4O3S2. The lowest BCUT2D eigenvalue weighted by Crippen LogP contribution is -2.33. The summed E-state index contributed by atoms with van der Waals surface area (Å²) in [6.07, 6.45) is 7.03. The molecule has 1 fully saturated rings. The van der Waals surface area contributed by atoms with E-state index in [1.54, 1.807) is 29.9 Å². The highest BCUT2D eigenvalue weighted by Crippen LogP contribution is 2.30. The van der Waals surface area contributed by atoms with Gasteiger partial charge in [-0.3, -0.25) is 9.30 Å². The molecule has 1 saturated heterocycles. The van der Waals surface area contributed by atoms with Crippen molar-refractivity contribution in [2.45, 2.75) is 24.3 Å². The minimum absolute atomic E-state index is 0.0265. The predicted molar refractivity (Wildman–Crippen MR) is 118 cm³/mol. The molecule has 7 nitrogen and oxygen atoms in total. The van der Waals surface area contributed by atoms with Gasteiger partial charge in [0, 0.05) is 29.7 Å². The Morgan fingerprint density at radius 3 is 2.80 bits per heavy atom. The van der Waals surface area contributed by atoms with Crippen LogP contribution in [0, 0.1) is 0 Å². The van der Waals surface area contributed by atoms with E-state index in [1.807, 2.05) is 12.1 Å². The number of hydrogen-bond donors (Lipinski definition) is 0. The molecule has 30 heavy (non-hydrogen) atoms. The largest absolute Gasteiger partial charge is 0.492 e. The highest BCUT2D eigenvalue weighted by molar-refractivity contribution is 7.90. The summed E-state index contributed by atoms with van der Waals surface area (Å²) in [6.45, 7) is 3.80. The lowest BCUT2D eigenvalue weighted by molar-refractivity contribution is 0.183. The van der Waals surface area contributed by atoms with Gasteiger partial charge in [-0.15, -0.1) is 11.3 Å². The van der Waals surface area contributed by atoms with Gasteiger partial charge in [0.15, 0.2) is 10.1 Å². The van der Waals surface area contributed by atoms with Crippen LogP contribution < -0.4 is 4.74 Å². The van der Waals surface area contributed by atoms with Gasteiger partial charge in [0.05, 0.1) is 5.52 Å². The normalized spacial score (nSPS) is 15.9. The molecule has 1 aromatic carbocycles. The highest BCUT2D eigenvalue weighted by atomic mass is 35.5. The summed E-state index contributed by atoms with van der Waals surface area (Å²) in [6, 6.07) is 7.21. The number of hydrogen-bond acceptors (Lipinski definition) is 6. The summed E-state index contributed by atoms with van der Waals surface area (Å²) < 4.78 is 35.3. The molecule has 158 valence electrons. The Balaban J connectivity index is 1.39. The molecule has 1 aliphatic heterocycles. The lowest BCUT2D eigenvalue weighted by atomic mass is 10.1. The topological polar surface area (TPSA) is 68.8 Å². The van der Waals surface area contributed by atoms with Gasteiger partial charge in [0.25, 0.3) is 10.0 Å². The Labute approximate surface area is 183 Å². The van der Waals surface area contributed by atoms with Crippen molar-refractivity contribution in [1.29, 1.82) is 0 Å². The van der Waals surface area contributed by atoms with Crippen LogP contribution in [0.4, 0.5) is 0 Å². The molecular weight excluding hydrogens is 444 g/mol. The zero-order valence-electron chi connectivity index (χ0n) is 16.2. The molecule has 0 radical (unpaired) electrons. The monoisotopic (exact) mass is 464 g/mol. The molecule has 5 rings (SSSR count). The van der Waals surface area contributed by atoms with E-state index < -0.39 is 10.0 Å². The maximum absolute atomic E-state index is 13.3. The Hall–Kier alpha value is -2.07. The highest BCUT2D eigenvalue weighted by Gasteiger charge is 2.28. The molecule has 0 aliphatic carbocycles. The molecule has 0 atom stereocenters. The van der Waals surface area contributed by atoms with Crippen LogP contribution in [0.1, 0.15) is 19.3 Å². The van der Waals surface area contributed by atoms with Crippen molar-refractivity contribution in [2.24, 2.45) is 0 Å². The van der Waals surface area contributed by atoms with Crippen LogP contribution in [0.25, 0.3) is 15.9 Å². The van der Waals surface area contributed by atoms with Crippen LogP contribution in [-0.2, 0) is 10.0 Å². The number of thiazole rings is 1. The van der Waals surface area contributed by atoms with Crippen LogP contribution in [0.2, 0.25) is 5.15 Å². The van der Waals surface area contributed by atoms with Gasteiger partial charge >= 0.3 is 0 Å². The molecule has 4 heterocycles. The summed E-state index contributed by atoms with van der Waals surface area (Å²) in [5.41, 5.74) is 0.569. The number of nitrogens with zero attached hydrogens (tertiary/aromatic N) is 4. The molecule has 0 spiro atoms. The van der Waals surface area contributed by atoms with Gasteiger partial charge in [0.2, 0.25) is 5.03 Å². The van der Waals surface area contributed by atoms with E-state index in [0.29, 0.717) is 17.1 Å². The van der Waals surface area contributed by atoms with Crippen LogP contribution in [0.3, 0.4) is 0 Å². The Morgan fingerprint density at radius 2 is 1.97 bits per heavy atom. The van der Waals surface area contributed by atoms with Crippen LogP contribution in [-0.4, -0.2) is 52.9 Å². The van der Waals surface area contributed by atoms with E-state index in [0.717, 1.165) is 30.8 Å². The maximum atomic E-state index is 13.3. The fourth-order valence-corrected chi connectivity index (χ4v) is 6.71. The number of benzene rings is 1. The summed E-state index contributed by atoms with van der Waals surface area (Å²) in [5.74, 6) is 0.734. The van der Waals surface area contributed by atoms with Gasteiger partial charge in [-0.05, 0) is 50.2 Å². The van der Waals surface area contributed by atoms with E-state index >= 15 is 0 Å². The Morgan fingerprint density at radius 1 is 1.13 bits per heavy atom. The minimum atomic E-state index is -3.91. The molecule has 3 aromatic heterocycles. The number of fused-ring (bicyclic) bond motifs is 2. The SMILES string of the molecule is O=S(=O)(c1c(Cl)nc2sccn12)n1ccc2cc(OCCN3CCCCC3)ccc21. The molecule has 0 saturated carbocycles. The number of piperidine rings is 1. The lowest BCUT2D eigenvalue weighted by Gasteiger charge is -2.26. The third kappa shape index (κ3) is 3.49. The fraction of sp³-hybridized carbons (Fsp3) is 0.350. The quantitative estimate of drug-likeness (QED) is 0.429. The average Bonchev–Trinajstić information content (AvgIpc) is 3.42. The van der Waals surface area contributed by atoms with Crippen molar-refractivity contribution in [1.82, 2.24) is 18.3 Å². The zero-order chi connectivity index (χ0) is 20.7. The van der Waals surface area contributed by atoms with E-state index in [2.05, 4.69) is 9.88 Å². The number of likely N-dealkylation sites (tertiary alicyclic amines) is 1. The van der Waals surface area contributed by atoms with Crippen molar-refractivity contribution in [3.05, 3.63) is 47.2 Å². The van der Waals surface area contributed by atoms with Crippen molar-refractivity contribution < 1.29 is 13.2 Å². The van der Waals surface area contributed by atoms with Gasteiger partial charge in [-0.1, -0.05) is 18.0 Å². The number of rotatable bonds is 6. The first kappa shape index (κ1) is 19.9. The van der Waals surface area contributed by atoms with E-state index in [9.17, 15) is 8.42 Å². The number of ether oxygens (including phenoxy) is 1. The summed E-state index contributed by atoms with van der Waals surface area (Å²) in [7, 11) is -3.91. The molecule has 0 unspecified atom stereocenters. The number of halogens is 1. The van der Waals surface area contributed by atoms with Crippen molar-refractivity contribution in [3.8, 4) is 5.75 Å². The summed E-state index contributed by atoms with van der Waals surface area (Å²) in [4.78, 5) is 7.11. The van der Waals surface area contributed by atoms with Crippen molar-refractivity contribution in [2.75, 3.05) is 26.2 Å². The van der Waals surface area contributed by atoms with Crippen LogP contribution >= 0.6 is 22.9 Å². The molecule has 0 bridgehead atoms. The van der Waals surface area contributed by atoms with Crippen molar-refractivity contribution in [3.63, 3.8) is 0 Å². The van der Waals surface area contributed by atoms with E-state index in [-0.39, 0.29) is 10.2 Å². The van der Waals surface area contributed by atoms with Gasteiger partial charge < -0.3 is 4.74 Å². The van der Waals surface area contributed by atoms with Gasteiger partial charge in [-0.25, -0.2) is 8.96 Å². The number of aromatic nitrogens is 3. The van der Waals surface area contributed by atoms with E-state index in [4.69, 9.17) is 16.3 Å². The average molecular weight is 465 g/mol. The second-order valence-electron chi connectivity index (χ2n) is 7.35. The molecule has 0 N–H and O–H groups in total. The standard InChI is InChI=1S/C20H21ClN4O3S2/c21-18-19(24-11-13-29-20(24)22-18)30(26,27)25-9-6-15-14-16(4-5-17(15)25)28-12-10-23-7-2-1-3-8-23/h4-6,9,11,13-14H,1-3,7-8,10,12H2. The number of imidazole rings is 1. The third-order valence-electron chi connectivity index (χ3n) is 5.43. The minimum Gasteiger partial charge on any atom is -0.492 e. The van der Waals surface area contributed by atoms with E-state index in [1.165, 1.54) is 39.0 Å². The Kier molecular flexibility index (Phi) is 5.22. The molecule has 0 amide bonds. The zero-order valence-corrected chi connectivity index (χ0v) is 18.6. The summed E-state index contributed by atoms with van der Waals surface area (Å²) >= 11 is 7.50. The second-order valence-corrected chi connectivity index (χ2v) is 10.3. The first-order chi connectivity index (χ1) is 14.5. The van der Waals surface area contributed by atoms with Crippen LogP contribution in [0.5, 0.6) is 5.75 Å². The first-order valence-electron chi connectivity index (χ1n) is 9.87. The summed E-state index contributed by atoms with van der Waals surface area (Å²) in [5, 5.41) is 2.51. The smallest absolute Gasteiger partial charge is 0.287 e. The maximum Gasteiger partial charge on any atom is 0.287 e. The van der Waals surface area contributed by atoms with Gasteiger partial charge in [0.1, 0.15) is 12.4 Å². The molecule has 1 aliphatic rings. The Bertz CT molecular complexity index is 1300. The van der Waals surface area contributed by atoms with Gasteiger partial charge in [-0.2, -0.15) is 8.42 Å². The molecule has 10 heteroatoms. The third-order valence-corrected chi connectivity index (χ3v) is 8.28. The predicted octanol–water partition coefficient (Wildman–Crippen LogP) is 4.11. The fourth-order valence-electron chi connectivity index (χ4n) is 3.93. The van der Waals surface area contributed by atoms with Crippen molar-refractivity contribution >= 4 is 48.8 Å². The second kappa shape index (κ2) is 7.88. The molecule has 4 aromatic rings. The van der Waals surface area contributed by atoms with Crippen LogP contribution in [0.15, 0.2) is 47.1 Å².